The van der Waals surface area contributed by atoms with Crippen LogP contribution in [0, 0.1) is 0 Å². The molecule has 0 atom stereocenters. The molecule has 0 aromatic carbocycles. The van der Waals surface area contributed by atoms with Crippen molar-refractivity contribution in [3.8, 4) is 0 Å². The van der Waals surface area contributed by atoms with Crippen LogP contribution >= 0.6 is 0 Å². The summed E-state index contributed by atoms with van der Waals surface area (Å²) in [6, 6.07) is 1.55. The first-order chi connectivity index (χ1) is 7.57. The highest BCUT2D eigenvalue weighted by atomic mass is 16.2. The summed E-state index contributed by atoms with van der Waals surface area (Å²) < 4.78 is 2.47. The van der Waals surface area contributed by atoms with E-state index >= 15 is 0 Å². The molecule has 0 bridgehead atoms. The maximum Gasteiger partial charge on any atom is 0.332 e. The lowest BCUT2D eigenvalue weighted by Gasteiger charge is -2.09. The van der Waals surface area contributed by atoms with E-state index < -0.39 is 5.56 Å². The van der Waals surface area contributed by atoms with E-state index in [4.69, 9.17) is 5.73 Å². The number of fused-ring (bicyclic) bond motifs is 1. The van der Waals surface area contributed by atoms with Crippen LogP contribution < -0.4 is 17.0 Å². The molecule has 0 unspecified atom stereocenters. The average molecular weight is 220 g/mol. The molecule has 16 heavy (non-hydrogen) atoms. The molecule has 0 spiro atoms. The Morgan fingerprint density at radius 2 is 2.12 bits per heavy atom. The highest BCUT2D eigenvalue weighted by molar-refractivity contribution is 5.86. The Morgan fingerprint density at radius 3 is 2.75 bits per heavy atom. The minimum Gasteiger partial charge on any atom is -0.398 e. The van der Waals surface area contributed by atoms with Gasteiger partial charge >= 0.3 is 5.69 Å². The number of aromatic nitrogens is 3. The fourth-order valence-electron chi connectivity index (χ4n) is 1.70. The van der Waals surface area contributed by atoms with Gasteiger partial charge in [0.2, 0.25) is 0 Å². The van der Waals surface area contributed by atoms with E-state index in [2.05, 4.69) is 4.98 Å². The van der Waals surface area contributed by atoms with E-state index in [1.807, 2.05) is 6.92 Å². The molecule has 0 aliphatic heterocycles. The summed E-state index contributed by atoms with van der Waals surface area (Å²) in [6.45, 7) is 2.26. The molecule has 0 radical (unpaired) electrons. The number of hydrogen-bond donors (Lipinski definition) is 1. The Hall–Kier alpha value is -2.11. The van der Waals surface area contributed by atoms with Crippen molar-refractivity contribution < 1.29 is 0 Å². The number of nitrogen functional groups attached to an aromatic ring is 1. The zero-order chi connectivity index (χ0) is 11.9. The Labute approximate surface area is 90.9 Å². The van der Waals surface area contributed by atoms with Gasteiger partial charge in [-0.05, 0) is 13.0 Å². The SMILES string of the molecule is CCn1c(=O)n(C)c(=O)c2c(N)ccnc21. The second kappa shape index (κ2) is 3.48. The topological polar surface area (TPSA) is 82.9 Å². The summed E-state index contributed by atoms with van der Waals surface area (Å²) in [4.78, 5) is 27.7. The van der Waals surface area contributed by atoms with E-state index in [9.17, 15) is 9.59 Å². The number of anilines is 1. The molecule has 2 aromatic rings. The van der Waals surface area contributed by atoms with Crippen LogP contribution in [0.3, 0.4) is 0 Å². The molecule has 6 nitrogen and oxygen atoms in total. The van der Waals surface area contributed by atoms with Crippen molar-refractivity contribution in [3.05, 3.63) is 33.1 Å². The first-order valence-electron chi connectivity index (χ1n) is 4.92. The number of rotatable bonds is 1. The Bertz CT molecular complexity index is 669. The van der Waals surface area contributed by atoms with Gasteiger partial charge in [-0.3, -0.25) is 13.9 Å². The quantitative estimate of drug-likeness (QED) is 0.715. The maximum atomic E-state index is 11.9. The zero-order valence-corrected chi connectivity index (χ0v) is 9.10. The minimum absolute atomic E-state index is 0.298. The van der Waals surface area contributed by atoms with Crippen LogP contribution in [0.25, 0.3) is 11.0 Å². The highest BCUT2D eigenvalue weighted by Gasteiger charge is 2.12. The summed E-state index contributed by atoms with van der Waals surface area (Å²) in [5.41, 5.74) is 5.63. The lowest BCUT2D eigenvalue weighted by atomic mass is 10.3. The number of pyridine rings is 1. The summed E-state index contributed by atoms with van der Waals surface area (Å²) in [7, 11) is 1.43. The van der Waals surface area contributed by atoms with Crippen LogP contribution in [0.15, 0.2) is 21.9 Å². The standard InChI is InChI=1S/C10H12N4O2/c1-3-14-8-7(6(11)4-5-12-8)9(15)13(2)10(14)16/h4-5H,3H2,1-2H3,(H2,11,12). The zero-order valence-electron chi connectivity index (χ0n) is 9.10. The third-order valence-electron chi connectivity index (χ3n) is 2.57. The predicted octanol–water partition coefficient (Wildman–Crippen LogP) is -0.303. The van der Waals surface area contributed by atoms with Crippen molar-refractivity contribution in [2.45, 2.75) is 13.5 Å². The van der Waals surface area contributed by atoms with Crippen LogP contribution in [0.5, 0.6) is 0 Å². The summed E-state index contributed by atoms with van der Waals surface area (Å²) in [6.07, 6.45) is 1.49. The maximum absolute atomic E-state index is 11.9. The second-order valence-electron chi connectivity index (χ2n) is 3.49. The van der Waals surface area contributed by atoms with Gasteiger partial charge in [0.05, 0.1) is 0 Å². The van der Waals surface area contributed by atoms with E-state index in [1.54, 1.807) is 6.07 Å². The van der Waals surface area contributed by atoms with E-state index in [0.717, 1.165) is 4.57 Å². The number of nitrogens with two attached hydrogens (primary N) is 1. The number of nitrogens with zero attached hydrogens (tertiary/aromatic N) is 3. The normalized spacial score (nSPS) is 10.9. The molecule has 0 aliphatic carbocycles. The van der Waals surface area contributed by atoms with Crippen molar-refractivity contribution in [1.29, 1.82) is 0 Å². The van der Waals surface area contributed by atoms with Crippen LogP contribution in [-0.2, 0) is 13.6 Å². The van der Waals surface area contributed by atoms with Crippen molar-refractivity contribution >= 4 is 16.7 Å². The Morgan fingerprint density at radius 1 is 1.44 bits per heavy atom. The molecule has 0 amide bonds. The van der Waals surface area contributed by atoms with Crippen LogP contribution in [0.4, 0.5) is 5.69 Å². The molecule has 84 valence electrons. The van der Waals surface area contributed by atoms with Crippen molar-refractivity contribution in [3.63, 3.8) is 0 Å². The van der Waals surface area contributed by atoms with Gasteiger partial charge in [-0.1, -0.05) is 0 Å². The molecular formula is C10H12N4O2. The average Bonchev–Trinajstić information content (AvgIpc) is 2.27. The first-order valence-corrected chi connectivity index (χ1v) is 4.92. The molecule has 2 N–H and O–H groups in total. The first kappa shape index (κ1) is 10.4. The van der Waals surface area contributed by atoms with Crippen molar-refractivity contribution in [2.24, 2.45) is 7.05 Å². The fourth-order valence-corrected chi connectivity index (χ4v) is 1.70. The fraction of sp³-hybridized carbons (Fsp3) is 0.300. The smallest absolute Gasteiger partial charge is 0.332 e. The minimum atomic E-state index is -0.407. The second-order valence-corrected chi connectivity index (χ2v) is 3.49. The van der Waals surface area contributed by atoms with Gasteiger partial charge in [-0.2, -0.15) is 0 Å². The van der Waals surface area contributed by atoms with Gasteiger partial charge in [0, 0.05) is 25.5 Å². The molecule has 2 aromatic heterocycles. The lowest BCUT2D eigenvalue weighted by Crippen LogP contribution is -2.38. The van der Waals surface area contributed by atoms with Gasteiger partial charge in [0.25, 0.3) is 5.56 Å². The van der Waals surface area contributed by atoms with Gasteiger partial charge in [0.1, 0.15) is 5.39 Å². The summed E-state index contributed by atoms with van der Waals surface area (Å²) >= 11 is 0. The van der Waals surface area contributed by atoms with E-state index in [-0.39, 0.29) is 5.69 Å². The molecule has 2 heterocycles. The van der Waals surface area contributed by atoms with Gasteiger partial charge < -0.3 is 5.73 Å². The van der Waals surface area contributed by atoms with Crippen molar-refractivity contribution in [1.82, 2.24) is 14.1 Å². The van der Waals surface area contributed by atoms with Crippen molar-refractivity contribution in [2.75, 3.05) is 5.73 Å². The Kier molecular flexibility index (Phi) is 2.26. The molecule has 0 saturated carbocycles. The van der Waals surface area contributed by atoms with Crippen LogP contribution in [0.1, 0.15) is 6.92 Å². The van der Waals surface area contributed by atoms with E-state index in [0.29, 0.717) is 23.3 Å². The van der Waals surface area contributed by atoms with Gasteiger partial charge in [-0.15, -0.1) is 0 Å². The third-order valence-corrected chi connectivity index (χ3v) is 2.57. The monoisotopic (exact) mass is 220 g/mol. The summed E-state index contributed by atoms with van der Waals surface area (Å²) in [5, 5.41) is 0.298. The Balaban J connectivity index is 3.17. The predicted molar refractivity (Wildman–Crippen MR) is 61.3 cm³/mol. The number of aryl methyl sites for hydroxylation is 1. The third kappa shape index (κ3) is 1.23. The number of hydrogen-bond acceptors (Lipinski definition) is 4. The molecule has 0 aliphatic rings. The lowest BCUT2D eigenvalue weighted by molar-refractivity contribution is 0.651. The van der Waals surface area contributed by atoms with E-state index in [1.165, 1.54) is 17.8 Å². The largest absolute Gasteiger partial charge is 0.398 e. The van der Waals surface area contributed by atoms with Crippen LogP contribution in [0.2, 0.25) is 0 Å². The van der Waals surface area contributed by atoms with Gasteiger partial charge in [-0.25, -0.2) is 9.78 Å². The summed E-state index contributed by atoms with van der Waals surface area (Å²) in [5.74, 6) is 0. The molecule has 6 heteroatoms. The molecule has 2 rings (SSSR count). The van der Waals surface area contributed by atoms with Crippen LogP contribution in [-0.4, -0.2) is 14.1 Å². The highest BCUT2D eigenvalue weighted by Crippen LogP contribution is 2.12. The molecular weight excluding hydrogens is 208 g/mol. The van der Waals surface area contributed by atoms with Gasteiger partial charge in [0.15, 0.2) is 5.65 Å². The molecule has 0 saturated heterocycles. The molecule has 0 fully saturated rings.